The standard InChI is InChI=1S/C26H29N3O3S/c1-20-18-27(2)15-16-28(20)22-13-14-24-26(17-22)32-19-25(21-9-5-3-6-10-21)29(24)33(30,31)23-11-7-4-8-12-23/h3-14,17,20,25H,15-16,18-19H2,1-2H3/t20-,25-/m1/s1. The van der Waals surface area contributed by atoms with Crippen molar-refractivity contribution in [3.05, 3.63) is 84.4 Å². The van der Waals surface area contributed by atoms with Gasteiger partial charge in [0, 0.05) is 37.4 Å². The Morgan fingerprint density at radius 3 is 2.30 bits per heavy atom. The molecule has 3 aromatic carbocycles. The van der Waals surface area contributed by atoms with E-state index in [-0.39, 0.29) is 11.5 Å². The highest BCUT2D eigenvalue weighted by Gasteiger charge is 2.38. The first-order valence-electron chi connectivity index (χ1n) is 11.3. The minimum absolute atomic E-state index is 0.255. The van der Waals surface area contributed by atoms with Crippen LogP contribution in [0.25, 0.3) is 0 Å². The van der Waals surface area contributed by atoms with E-state index in [0.29, 0.717) is 17.5 Å². The Balaban J connectivity index is 1.59. The zero-order chi connectivity index (χ0) is 23.0. The van der Waals surface area contributed by atoms with Crippen LogP contribution >= 0.6 is 0 Å². The van der Waals surface area contributed by atoms with Crippen LogP contribution in [0.3, 0.4) is 0 Å². The summed E-state index contributed by atoms with van der Waals surface area (Å²) >= 11 is 0. The molecule has 0 amide bonds. The lowest BCUT2D eigenvalue weighted by Gasteiger charge is -2.41. The number of ether oxygens (including phenoxy) is 1. The van der Waals surface area contributed by atoms with Gasteiger partial charge in [-0.25, -0.2) is 8.42 Å². The van der Waals surface area contributed by atoms with Crippen molar-refractivity contribution in [2.45, 2.75) is 23.9 Å². The average molecular weight is 464 g/mol. The van der Waals surface area contributed by atoms with E-state index < -0.39 is 16.1 Å². The van der Waals surface area contributed by atoms with Crippen molar-refractivity contribution in [1.29, 1.82) is 0 Å². The molecule has 2 aliphatic rings. The average Bonchev–Trinajstić information content (AvgIpc) is 2.84. The molecule has 2 heterocycles. The smallest absolute Gasteiger partial charge is 0.265 e. The Morgan fingerprint density at radius 2 is 1.61 bits per heavy atom. The molecule has 0 saturated carbocycles. The molecule has 2 aliphatic heterocycles. The van der Waals surface area contributed by atoms with Crippen molar-refractivity contribution in [1.82, 2.24) is 4.90 Å². The van der Waals surface area contributed by atoms with Gasteiger partial charge in [-0.05, 0) is 43.8 Å². The van der Waals surface area contributed by atoms with Gasteiger partial charge in [-0.1, -0.05) is 48.5 Å². The first kappa shape index (κ1) is 21.8. The largest absolute Gasteiger partial charge is 0.489 e. The van der Waals surface area contributed by atoms with E-state index in [4.69, 9.17) is 4.74 Å². The quantitative estimate of drug-likeness (QED) is 0.582. The van der Waals surface area contributed by atoms with Crippen LogP contribution in [0, 0.1) is 0 Å². The minimum Gasteiger partial charge on any atom is -0.489 e. The molecule has 0 bridgehead atoms. The molecule has 6 nitrogen and oxygen atoms in total. The van der Waals surface area contributed by atoms with Crippen LogP contribution in [0.4, 0.5) is 11.4 Å². The molecule has 0 aromatic heterocycles. The van der Waals surface area contributed by atoms with Crippen LogP contribution < -0.4 is 13.9 Å². The zero-order valence-electron chi connectivity index (χ0n) is 19.0. The molecule has 1 fully saturated rings. The Kier molecular flexibility index (Phi) is 5.76. The third-order valence-electron chi connectivity index (χ3n) is 6.51. The second-order valence-electron chi connectivity index (χ2n) is 8.81. The van der Waals surface area contributed by atoms with E-state index in [1.165, 1.54) is 4.31 Å². The van der Waals surface area contributed by atoms with E-state index in [2.05, 4.69) is 23.8 Å². The van der Waals surface area contributed by atoms with Gasteiger partial charge >= 0.3 is 0 Å². The van der Waals surface area contributed by atoms with Gasteiger partial charge in [0.1, 0.15) is 18.4 Å². The van der Waals surface area contributed by atoms with Gasteiger partial charge in [0.25, 0.3) is 10.0 Å². The van der Waals surface area contributed by atoms with E-state index in [1.54, 1.807) is 24.3 Å². The van der Waals surface area contributed by atoms with E-state index >= 15 is 0 Å². The molecule has 172 valence electrons. The zero-order valence-corrected chi connectivity index (χ0v) is 19.8. The topological polar surface area (TPSA) is 53.1 Å². The van der Waals surface area contributed by atoms with Gasteiger partial charge in [-0.2, -0.15) is 0 Å². The summed E-state index contributed by atoms with van der Waals surface area (Å²) in [4.78, 5) is 4.97. The SMILES string of the molecule is C[C@@H]1CN(C)CCN1c1ccc2c(c1)OC[C@H](c1ccccc1)N2S(=O)(=O)c1ccccc1. The van der Waals surface area contributed by atoms with Gasteiger partial charge in [-0.15, -0.1) is 0 Å². The van der Waals surface area contributed by atoms with Crippen LogP contribution in [-0.4, -0.2) is 52.6 Å². The monoisotopic (exact) mass is 463 g/mol. The van der Waals surface area contributed by atoms with E-state index in [9.17, 15) is 8.42 Å². The Labute approximate surface area is 196 Å². The fourth-order valence-corrected chi connectivity index (χ4v) is 6.47. The maximum atomic E-state index is 13.9. The number of hydrogen-bond donors (Lipinski definition) is 0. The second-order valence-corrected chi connectivity index (χ2v) is 10.6. The predicted octanol–water partition coefficient (Wildman–Crippen LogP) is 4.16. The van der Waals surface area contributed by atoms with Gasteiger partial charge in [0.2, 0.25) is 0 Å². The first-order chi connectivity index (χ1) is 15.9. The van der Waals surface area contributed by atoms with Gasteiger partial charge < -0.3 is 14.5 Å². The number of fused-ring (bicyclic) bond motifs is 1. The Morgan fingerprint density at radius 1 is 0.909 bits per heavy atom. The molecule has 0 aliphatic carbocycles. The highest BCUT2D eigenvalue weighted by molar-refractivity contribution is 7.92. The van der Waals surface area contributed by atoms with Crippen LogP contribution in [0.5, 0.6) is 5.75 Å². The highest BCUT2D eigenvalue weighted by atomic mass is 32.2. The lowest BCUT2D eigenvalue weighted by Crippen LogP contribution is -2.50. The number of hydrogen-bond acceptors (Lipinski definition) is 5. The van der Waals surface area contributed by atoms with Crippen LogP contribution in [0.15, 0.2) is 83.8 Å². The third-order valence-corrected chi connectivity index (χ3v) is 8.34. The van der Waals surface area contributed by atoms with E-state index in [0.717, 1.165) is 30.9 Å². The number of sulfonamides is 1. The number of anilines is 2. The summed E-state index contributed by atoms with van der Waals surface area (Å²) in [7, 11) is -1.66. The molecule has 0 unspecified atom stereocenters. The molecule has 5 rings (SSSR count). The summed E-state index contributed by atoms with van der Waals surface area (Å²) in [5.74, 6) is 0.602. The first-order valence-corrected chi connectivity index (χ1v) is 12.8. The molecule has 33 heavy (non-hydrogen) atoms. The number of rotatable bonds is 4. The second kappa shape index (κ2) is 8.72. The number of nitrogens with zero attached hydrogens (tertiary/aromatic N) is 3. The van der Waals surface area contributed by atoms with Crippen molar-refractivity contribution in [3.8, 4) is 5.75 Å². The van der Waals surface area contributed by atoms with Crippen LogP contribution in [0.2, 0.25) is 0 Å². The summed E-state index contributed by atoms with van der Waals surface area (Å²) in [6.07, 6.45) is 0. The van der Waals surface area contributed by atoms with Gasteiger partial charge in [0.05, 0.1) is 10.6 Å². The lowest BCUT2D eigenvalue weighted by molar-refractivity contribution is 0.271. The number of benzene rings is 3. The molecule has 0 N–H and O–H groups in total. The van der Waals surface area contributed by atoms with Crippen LogP contribution in [0.1, 0.15) is 18.5 Å². The van der Waals surface area contributed by atoms with Crippen molar-refractivity contribution >= 4 is 21.4 Å². The number of piperazine rings is 1. The van der Waals surface area contributed by atoms with Crippen molar-refractivity contribution in [2.75, 3.05) is 42.5 Å². The molecule has 2 atom stereocenters. The summed E-state index contributed by atoms with van der Waals surface area (Å²) in [5.41, 5.74) is 2.54. The number of likely N-dealkylation sites (N-methyl/N-ethyl adjacent to an activating group) is 1. The molecular formula is C26H29N3O3S. The normalized spacial score (nSPS) is 21.4. The predicted molar refractivity (Wildman–Crippen MR) is 132 cm³/mol. The molecule has 0 radical (unpaired) electrons. The molecule has 7 heteroatoms. The molecule has 3 aromatic rings. The molecule has 1 saturated heterocycles. The fraction of sp³-hybridized carbons (Fsp3) is 0.308. The maximum Gasteiger partial charge on any atom is 0.265 e. The molecular weight excluding hydrogens is 434 g/mol. The Hall–Kier alpha value is -3.03. The highest BCUT2D eigenvalue weighted by Crippen LogP contribution is 2.44. The van der Waals surface area contributed by atoms with Crippen molar-refractivity contribution < 1.29 is 13.2 Å². The molecule has 0 spiro atoms. The summed E-state index contributed by atoms with van der Waals surface area (Å²) < 4.78 is 35.5. The minimum atomic E-state index is -3.80. The van der Waals surface area contributed by atoms with Crippen molar-refractivity contribution in [3.63, 3.8) is 0 Å². The lowest BCUT2D eigenvalue weighted by atomic mass is 10.1. The van der Waals surface area contributed by atoms with Crippen molar-refractivity contribution in [2.24, 2.45) is 0 Å². The summed E-state index contributed by atoms with van der Waals surface area (Å²) in [6, 6.07) is 24.1. The summed E-state index contributed by atoms with van der Waals surface area (Å²) in [5, 5.41) is 0. The third kappa shape index (κ3) is 4.07. The Bertz CT molecular complexity index is 1220. The van der Waals surface area contributed by atoms with E-state index in [1.807, 2.05) is 54.6 Å². The van der Waals surface area contributed by atoms with Gasteiger partial charge in [0.15, 0.2) is 0 Å². The van der Waals surface area contributed by atoms with Gasteiger partial charge in [-0.3, -0.25) is 4.31 Å². The fourth-order valence-electron chi connectivity index (χ4n) is 4.82. The maximum absolute atomic E-state index is 13.9. The van der Waals surface area contributed by atoms with Crippen LogP contribution in [-0.2, 0) is 10.0 Å². The summed E-state index contributed by atoms with van der Waals surface area (Å²) in [6.45, 7) is 5.38.